The Kier molecular flexibility index (Phi) is 6.25. The average molecular weight is 428 g/mol. The van der Waals surface area contributed by atoms with Gasteiger partial charge in [-0.15, -0.1) is 0 Å². The van der Waals surface area contributed by atoms with Gasteiger partial charge < -0.3 is 16.0 Å². The molecule has 1 aliphatic heterocycles. The number of benzene rings is 2. The van der Waals surface area contributed by atoms with E-state index in [0.717, 1.165) is 31.7 Å². The first-order valence-corrected chi connectivity index (χ1v) is 10.2. The summed E-state index contributed by atoms with van der Waals surface area (Å²) in [5, 5.41) is 3.87. The molecular formula is C21H23ClFN7. The fraction of sp³-hybridized carbons (Fsp3) is 0.286. The van der Waals surface area contributed by atoms with Crippen LogP contribution in [0.2, 0.25) is 5.02 Å². The Hall–Kier alpha value is -2.97. The summed E-state index contributed by atoms with van der Waals surface area (Å²) in [6.07, 6.45) is 0. The minimum Gasteiger partial charge on any atom is -0.368 e. The summed E-state index contributed by atoms with van der Waals surface area (Å²) in [6, 6.07) is 14.4. The lowest BCUT2D eigenvalue weighted by molar-refractivity contribution is 0.243. The van der Waals surface area contributed by atoms with Gasteiger partial charge in [-0.2, -0.15) is 15.0 Å². The van der Waals surface area contributed by atoms with Crippen LogP contribution >= 0.6 is 11.6 Å². The number of halogens is 2. The number of nitrogens with two attached hydrogens (primary N) is 1. The van der Waals surface area contributed by atoms with Crippen LogP contribution in [0.4, 0.5) is 22.0 Å². The summed E-state index contributed by atoms with van der Waals surface area (Å²) in [5.41, 5.74) is 7.59. The van der Waals surface area contributed by atoms with Gasteiger partial charge >= 0.3 is 0 Å². The molecule has 156 valence electrons. The summed E-state index contributed by atoms with van der Waals surface area (Å²) in [5.74, 6) is 1.05. The van der Waals surface area contributed by atoms with Gasteiger partial charge in [0.15, 0.2) is 0 Å². The number of nitrogens with zero attached hydrogens (tertiary/aromatic N) is 5. The molecule has 2 aromatic carbocycles. The molecule has 0 atom stereocenters. The van der Waals surface area contributed by atoms with E-state index in [2.05, 4.69) is 30.1 Å². The van der Waals surface area contributed by atoms with E-state index in [1.54, 1.807) is 6.07 Å². The first kappa shape index (κ1) is 20.3. The smallest absolute Gasteiger partial charge is 0.228 e. The molecule has 0 amide bonds. The molecule has 7 nitrogen and oxygen atoms in total. The van der Waals surface area contributed by atoms with Gasteiger partial charge in [0, 0.05) is 37.7 Å². The molecule has 0 saturated carbocycles. The van der Waals surface area contributed by atoms with Gasteiger partial charge in [0.2, 0.25) is 11.9 Å². The van der Waals surface area contributed by atoms with Crippen LogP contribution in [-0.4, -0.2) is 46.0 Å². The van der Waals surface area contributed by atoms with Crippen molar-refractivity contribution >= 4 is 29.2 Å². The second-order valence-electron chi connectivity index (χ2n) is 7.13. The number of para-hydroxylation sites is 1. The van der Waals surface area contributed by atoms with Gasteiger partial charge in [-0.05, 0) is 29.8 Å². The Morgan fingerprint density at radius 2 is 1.70 bits per heavy atom. The second-order valence-corrected chi connectivity index (χ2v) is 7.56. The van der Waals surface area contributed by atoms with Gasteiger partial charge in [0.1, 0.15) is 11.6 Å². The highest BCUT2D eigenvalue weighted by molar-refractivity contribution is 6.30. The number of piperazine rings is 1. The zero-order valence-electron chi connectivity index (χ0n) is 16.4. The van der Waals surface area contributed by atoms with Crippen molar-refractivity contribution in [3.8, 4) is 0 Å². The number of rotatable bonds is 6. The van der Waals surface area contributed by atoms with E-state index in [1.165, 1.54) is 6.07 Å². The standard InChI is InChI=1S/C21H23ClFN7/c22-16-7-5-15(6-8-16)13-25-21-27-19(26-20(24)28-21)14-29-9-11-30(12-10-29)18-4-2-1-3-17(18)23/h1-8H,9-14H2,(H3,24,25,26,27,28). The normalized spacial score (nSPS) is 14.7. The topological polar surface area (TPSA) is 83.2 Å². The van der Waals surface area contributed by atoms with Crippen LogP contribution in [0.15, 0.2) is 48.5 Å². The molecule has 2 heterocycles. The molecule has 1 aromatic heterocycles. The predicted octanol–water partition coefficient (Wildman–Crippen LogP) is 3.18. The maximum absolute atomic E-state index is 14.0. The van der Waals surface area contributed by atoms with E-state index in [1.807, 2.05) is 36.4 Å². The molecular weight excluding hydrogens is 405 g/mol. The maximum Gasteiger partial charge on any atom is 0.228 e. The molecule has 3 N–H and O–H groups in total. The van der Waals surface area contributed by atoms with Gasteiger partial charge in [-0.3, -0.25) is 4.90 Å². The molecule has 9 heteroatoms. The van der Waals surface area contributed by atoms with Crippen LogP contribution in [0.3, 0.4) is 0 Å². The molecule has 30 heavy (non-hydrogen) atoms. The van der Waals surface area contributed by atoms with E-state index in [4.69, 9.17) is 17.3 Å². The highest BCUT2D eigenvalue weighted by atomic mass is 35.5. The summed E-state index contributed by atoms with van der Waals surface area (Å²) >= 11 is 5.92. The van der Waals surface area contributed by atoms with Crippen LogP contribution in [0.5, 0.6) is 0 Å². The lowest BCUT2D eigenvalue weighted by Crippen LogP contribution is -2.46. The van der Waals surface area contributed by atoms with Crippen molar-refractivity contribution in [3.63, 3.8) is 0 Å². The Labute approximate surface area is 179 Å². The van der Waals surface area contributed by atoms with Crippen molar-refractivity contribution in [2.45, 2.75) is 13.1 Å². The summed E-state index contributed by atoms with van der Waals surface area (Å²) < 4.78 is 14.0. The zero-order valence-corrected chi connectivity index (χ0v) is 17.2. The van der Waals surface area contributed by atoms with E-state index in [0.29, 0.717) is 35.6 Å². The quantitative estimate of drug-likeness (QED) is 0.625. The third-order valence-corrected chi connectivity index (χ3v) is 5.25. The summed E-state index contributed by atoms with van der Waals surface area (Å²) in [7, 11) is 0. The van der Waals surface area contributed by atoms with Gasteiger partial charge in [0.05, 0.1) is 12.2 Å². The Bertz CT molecular complexity index is 991. The van der Waals surface area contributed by atoms with Crippen molar-refractivity contribution < 1.29 is 4.39 Å². The Morgan fingerprint density at radius 3 is 2.43 bits per heavy atom. The molecule has 0 spiro atoms. The Balaban J connectivity index is 1.34. The molecule has 1 saturated heterocycles. The number of anilines is 3. The number of aromatic nitrogens is 3. The summed E-state index contributed by atoms with van der Waals surface area (Å²) in [4.78, 5) is 17.2. The molecule has 4 rings (SSSR count). The van der Waals surface area contributed by atoms with Crippen LogP contribution in [0.25, 0.3) is 0 Å². The minimum atomic E-state index is -0.187. The molecule has 0 radical (unpaired) electrons. The van der Waals surface area contributed by atoms with Crippen molar-refractivity contribution in [2.24, 2.45) is 0 Å². The molecule has 0 bridgehead atoms. The molecule has 0 unspecified atom stereocenters. The van der Waals surface area contributed by atoms with Crippen LogP contribution in [0, 0.1) is 5.82 Å². The average Bonchev–Trinajstić information content (AvgIpc) is 2.74. The van der Waals surface area contributed by atoms with Crippen molar-refractivity contribution in [1.29, 1.82) is 0 Å². The first-order chi connectivity index (χ1) is 14.6. The van der Waals surface area contributed by atoms with E-state index < -0.39 is 0 Å². The van der Waals surface area contributed by atoms with Gasteiger partial charge in [-0.25, -0.2) is 4.39 Å². The van der Waals surface area contributed by atoms with Crippen molar-refractivity contribution in [1.82, 2.24) is 19.9 Å². The lowest BCUT2D eigenvalue weighted by atomic mass is 10.2. The van der Waals surface area contributed by atoms with Gasteiger partial charge in [0.25, 0.3) is 0 Å². The molecule has 3 aromatic rings. The second kappa shape index (κ2) is 9.23. The summed E-state index contributed by atoms with van der Waals surface area (Å²) in [6.45, 7) is 4.17. The van der Waals surface area contributed by atoms with Crippen molar-refractivity contribution in [3.05, 3.63) is 70.8 Å². The number of nitrogens with one attached hydrogen (secondary N) is 1. The monoisotopic (exact) mass is 427 g/mol. The fourth-order valence-electron chi connectivity index (χ4n) is 3.43. The van der Waals surface area contributed by atoms with Crippen molar-refractivity contribution in [2.75, 3.05) is 42.1 Å². The zero-order chi connectivity index (χ0) is 20.9. The van der Waals surface area contributed by atoms with Crippen LogP contribution in [0.1, 0.15) is 11.4 Å². The lowest BCUT2D eigenvalue weighted by Gasteiger charge is -2.35. The SMILES string of the molecule is Nc1nc(CN2CCN(c3ccccc3F)CC2)nc(NCc2ccc(Cl)cc2)n1. The number of nitrogen functional groups attached to an aromatic ring is 1. The highest BCUT2D eigenvalue weighted by Gasteiger charge is 2.20. The molecule has 1 aliphatic rings. The largest absolute Gasteiger partial charge is 0.368 e. The third kappa shape index (κ3) is 5.14. The van der Waals surface area contributed by atoms with E-state index in [9.17, 15) is 4.39 Å². The number of hydrogen-bond acceptors (Lipinski definition) is 7. The van der Waals surface area contributed by atoms with E-state index in [-0.39, 0.29) is 11.8 Å². The fourth-order valence-corrected chi connectivity index (χ4v) is 3.55. The molecule has 0 aliphatic carbocycles. The molecule has 1 fully saturated rings. The maximum atomic E-state index is 14.0. The van der Waals surface area contributed by atoms with Crippen LogP contribution < -0.4 is 16.0 Å². The predicted molar refractivity (Wildman–Crippen MR) is 117 cm³/mol. The third-order valence-electron chi connectivity index (χ3n) is 4.99. The number of hydrogen-bond donors (Lipinski definition) is 2. The highest BCUT2D eigenvalue weighted by Crippen LogP contribution is 2.20. The minimum absolute atomic E-state index is 0.184. The Morgan fingerprint density at radius 1 is 0.967 bits per heavy atom. The van der Waals surface area contributed by atoms with E-state index >= 15 is 0 Å². The first-order valence-electron chi connectivity index (χ1n) is 9.77. The van der Waals surface area contributed by atoms with Crippen LogP contribution in [-0.2, 0) is 13.1 Å². The van der Waals surface area contributed by atoms with Gasteiger partial charge in [-0.1, -0.05) is 35.9 Å².